The van der Waals surface area contributed by atoms with Crippen molar-refractivity contribution in [3.63, 3.8) is 0 Å². The number of carboxylic acid groups (broad SMARTS) is 1. The highest BCUT2D eigenvalue weighted by atomic mass is 35.5. The van der Waals surface area contributed by atoms with E-state index in [1.165, 1.54) is 4.90 Å². The maximum atomic E-state index is 12.6. The fourth-order valence-corrected chi connectivity index (χ4v) is 3.74. The third-order valence-corrected chi connectivity index (χ3v) is 5.56. The normalized spacial score (nSPS) is 29.6. The van der Waals surface area contributed by atoms with E-state index in [0.717, 1.165) is 0 Å². The number of allylic oxidation sites excluding steroid dienone is 1. The highest BCUT2D eigenvalue weighted by molar-refractivity contribution is 6.46. The molecule has 0 spiro atoms. The summed E-state index contributed by atoms with van der Waals surface area (Å²) in [4.78, 5) is 29.5. The summed E-state index contributed by atoms with van der Waals surface area (Å²) < 4.78 is 5.78. The van der Waals surface area contributed by atoms with Gasteiger partial charge in [0, 0.05) is 18.9 Å². The molecule has 7 nitrogen and oxygen atoms in total. The van der Waals surface area contributed by atoms with Crippen LogP contribution >= 0.6 is 23.2 Å². The van der Waals surface area contributed by atoms with Gasteiger partial charge < -0.3 is 20.1 Å². The number of rotatable bonds is 5. The second kappa shape index (κ2) is 8.38. The van der Waals surface area contributed by atoms with Gasteiger partial charge in [-0.05, 0) is 26.7 Å². The number of nitrogens with zero attached hydrogens (tertiary/aromatic N) is 2. The van der Waals surface area contributed by atoms with Crippen LogP contribution in [0.2, 0.25) is 0 Å². The summed E-state index contributed by atoms with van der Waals surface area (Å²) in [5, 5.41) is 11.9. The molecule has 0 aliphatic carbocycles. The van der Waals surface area contributed by atoms with Crippen molar-refractivity contribution < 1.29 is 19.4 Å². The molecule has 2 heterocycles. The number of ether oxygens (including phenoxy) is 1. The number of hydrogen-bond donors (Lipinski definition) is 2. The standard InChI is InChI=1S/C16H23Cl2N3O4/c1-4-10-14(25-5-2)9(6-7-21(10)16(23)24)20-15(22)13-12(18)11(17)8(3)19-13/h9-11,14H,4-7H2,1-3H3,(H,20,22)(H,23,24)/t9-,10?,11?,14+/m1/s1. The number of nitrogens with one attached hydrogen (secondary N) is 1. The van der Waals surface area contributed by atoms with Crippen molar-refractivity contribution >= 4 is 40.9 Å². The van der Waals surface area contributed by atoms with Gasteiger partial charge in [0.1, 0.15) is 11.1 Å². The van der Waals surface area contributed by atoms with E-state index < -0.39 is 23.5 Å². The monoisotopic (exact) mass is 391 g/mol. The zero-order valence-corrected chi connectivity index (χ0v) is 16.0. The molecule has 9 heteroatoms. The zero-order chi connectivity index (χ0) is 18.7. The number of carbonyl (C=O) groups excluding carboxylic acids is 1. The average Bonchev–Trinajstić information content (AvgIpc) is 2.83. The number of halogens is 2. The Hall–Kier alpha value is -1.31. The van der Waals surface area contributed by atoms with Crippen LogP contribution in [0.4, 0.5) is 4.79 Å². The van der Waals surface area contributed by atoms with E-state index in [9.17, 15) is 14.7 Å². The summed E-state index contributed by atoms with van der Waals surface area (Å²) in [6.07, 6.45) is -0.361. The second-order valence-electron chi connectivity index (χ2n) is 6.05. The maximum absolute atomic E-state index is 12.6. The minimum atomic E-state index is -0.979. The predicted molar refractivity (Wildman–Crippen MR) is 96.4 cm³/mol. The van der Waals surface area contributed by atoms with Crippen LogP contribution < -0.4 is 5.32 Å². The van der Waals surface area contributed by atoms with E-state index in [4.69, 9.17) is 27.9 Å². The number of amides is 2. The van der Waals surface area contributed by atoms with Gasteiger partial charge in [0.05, 0.1) is 23.2 Å². The Balaban J connectivity index is 2.17. The lowest BCUT2D eigenvalue weighted by atomic mass is 9.92. The SMILES string of the molecule is CCO[C@@H]1C(CC)N(C(=O)O)CC[C@H]1NC(=O)C1=C(Cl)C(Cl)C(C)=N1. The molecule has 0 aromatic rings. The zero-order valence-electron chi connectivity index (χ0n) is 14.5. The Labute approximate surface area is 157 Å². The first kappa shape index (κ1) is 20.0. The molecule has 2 rings (SSSR count). The van der Waals surface area contributed by atoms with Gasteiger partial charge in [0.2, 0.25) is 0 Å². The predicted octanol–water partition coefficient (Wildman–Crippen LogP) is 2.57. The molecule has 2 unspecified atom stereocenters. The quantitative estimate of drug-likeness (QED) is 0.704. The van der Waals surface area contributed by atoms with E-state index in [1.807, 2.05) is 13.8 Å². The van der Waals surface area contributed by atoms with Gasteiger partial charge in [0.15, 0.2) is 0 Å². The maximum Gasteiger partial charge on any atom is 0.407 e. The van der Waals surface area contributed by atoms with Crippen LogP contribution in [0, 0.1) is 0 Å². The van der Waals surface area contributed by atoms with Gasteiger partial charge in [-0.15, -0.1) is 11.6 Å². The lowest BCUT2D eigenvalue weighted by Gasteiger charge is -2.43. The Morgan fingerprint density at radius 3 is 2.60 bits per heavy atom. The molecule has 1 fully saturated rings. The Morgan fingerprint density at radius 1 is 1.44 bits per heavy atom. The van der Waals surface area contributed by atoms with Gasteiger partial charge >= 0.3 is 6.09 Å². The molecule has 25 heavy (non-hydrogen) atoms. The molecule has 2 N–H and O–H groups in total. The van der Waals surface area contributed by atoms with Crippen molar-refractivity contribution in [3.05, 3.63) is 10.7 Å². The summed E-state index contributed by atoms with van der Waals surface area (Å²) in [6.45, 7) is 6.20. The van der Waals surface area contributed by atoms with Crippen LogP contribution in [0.1, 0.15) is 33.6 Å². The number of carbonyl (C=O) groups is 2. The topological polar surface area (TPSA) is 91.2 Å². The van der Waals surface area contributed by atoms with Gasteiger partial charge in [-0.2, -0.15) is 0 Å². The molecule has 2 aliphatic rings. The molecule has 0 aromatic heterocycles. The molecule has 0 bridgehead atoms. The largest absolute Gasteiger partial charge is 0.465 e. The van der Waals surface area contributed by atoms with Gasteiger partial charge in [-0.1, -0.05) is 18.5 Å². The van der Waals surface area contributed by atoms with E-state index >= 15 is 0 Å². The van der Waals surface area contributed by atoms with Gasteiger partial charge in [-0.3, -0.25) is 4.79 Å². The number of piperidine rings is 1. The molecule has 1 saturated heterocycles. The van der Waals surface area contributed by atoms with Crippen molar-refractivity contribution in [2.24, 2.45) is 4.99 Å². The van der Waals surface area contributed by atoms with Gasteiger partial charge in [-0.25, -0.2) is 9.79 Å². The van der Waals surface area contributed by atoms with Crippen LogP contribution in [0.25, 0.3) is 0 Å². The van der Waals surface area contributed by atoms with E-state index in [-0.39, 0.29) is 22.8 Å². The van der Waals surface area contributed by atoms with Crippen molar-refractivity contribution in [2.75, 3.05) is 13.2 Å². The number of alkyl halides is 1. The van der Waals surface area contributed by atoms with Gasteiger partial charge in [0.25, 0.3) is 5.91 Å². The number of likely N-dealkylation sites (tertiary alicyclic amines) is 1. The first-order valence-corrected chi connectivity index (χ1v) is 9.14. The fourth-order valence-electron chi connectivity index (χ4n) is 3.30. The summed E-state index contributed by atoms with van der Waals surface area (Å²) in [7, 11) is 0. The van der Waals surface area contributed by atoms with E-state index in [2.05, 4.69) is 10.3 Å². The molecule has 0 aromatic carbocycles. The minimum absolute atomic E-state index is 0.114. The Morgan fingerprint density at radius 2 is 2.12 bits per heavy atom. The van der Waals surface area contributed by atoms with Crippen molar-refractivity contribution in [2.45, 2.75) is 57.2 Å². The first-order chi connectivity index (χ1) is 11.8. The molecule has 2 amide bonds. The van der Waals surface area contributed by atoms with Crippen LogP contribution in [-0.2, 0) is 9.53 Å². The number of aliphatic imine (C=N–C) groups is 1. The van der Waals surface area contributed by atoms with Crippen LogP contribution in [0.5, 0.6) is 0 Å². The first-order valence-electron chi connectivity index (χ1n) is 8.32. The Kier molecular flexibility index (Phi) is 6.71. The Bertz CT molecular complexity index is 608. The second-order valence-corrected chi connectivity index (χ2v) is 6.90. The molecular formula is C16H23Cl2N3O4. The summed E-state index contributed by atoms with van der Waals surface area (Å²) in [5.74, 6) is -0.416. The van der Waals surface area contributed by atoms with Crippen molar-refractivity contribution in [1.82, 2.24) is 10.2 Å². The lowest BCUT2D eigenvalue weighted by molar-refractivity contribution is -0.121. The molecule has 2 aliphatic heterocycles. The minimum Gasteiger partial charge on any atom is -0.465 e. The number of hydrogen-bond acceptors (Lipinski definition) is 4. The highest BCUT2D eigenvalue weighted by Crippen LogP contribution is 2.29. The molecule has 0 saturated carbocycles. The summed E-state index contributed by atoms with van der Waals surface area (Å²) in [5.41, 5.74) is 0.688. The summed E-state index contributed by atoms with van der Waals surface area (Å²) in [6, 6.07) is -0.648. The third kappa shape index (κ3) is 4.10. The highest BCUT2D eigenvalue weighted by Gasteiger charge is 2.41. The lowest BCUT2D eigenvalue weighted by Crippen LogP contribution is -2.61. The molecular weight excluding hydrogens is 369 g/mol. The van der Waals surface area contributed by atoms with E-state index in [1.54, 1.807) is 6.92 Å². The van der Waals surface area contributed by atoms with Crippen molar-refractivity contribution in [3.8, 4) is 0 Å². The smallest absolute Gasteiger partial charge is 0.407 e. The van der Waals surface area contributed by atoms with Crippen LogP contribution in [0.15, 0.2) is 15.7 Å². The average molecular weight is 392 g/mol. The molecule has 0 radical (unpaired) electrons. The summed E-state index contributed by atoms with van der Waals surface area (Å²) >= 11 is 12.2. The molecule has 140 valence electrons. The van der Waals surface area contributed by atoms with Crippen LogP contribution in [-0.4, -0.2) is 64.4 Å². The fraction of sp³-hybridized carbons (Fsp3) is 0.688. The van der Waals surface area contributed by atoms with E-state index in [0.29, 0.717) is 31.7 Å². The third-order valence-electron chi connectivity index (χ3n) is 4.52. The van der Waals surface area contributed by atoms with Crippen molar-refractivity contribution in [1.29, 1.82) is 0 Å². The van der Waals surface area contributed by atoms with Crippen LogP contribution in [0.3, 0.4) is 0 Å². The molecule has 4 atom stereocenters.